The Morgan fingerprint density at radius 1 is 1.25 bits per heavy atom. The fourth-order valence-corrected chi connectivity index (χ4v) is 2.28. The maximum Gasteiger partial charge on any atom is 0.140 e. The van der Waals surface area contributed by atoms with Gasteiger partial charge in [-0.15, -0.1) is 0 Å². The van der Waals surface area contributed by atoms with Crippen LogP contribution in [0.2, 0.25) is 0 Å². The summed E-state index contributed by atoms with van der Waals surface area (Å²) in [5, 5.41) is 0. The topological polar surface area (TPSA) is 65.4 Å². The highest BCUT2D eigenvalue weighted by molar-refractivity contribution is 5.70. The first-order valence-electron chi connectivity index (χ1n) is 6.42. The van der Waals surface area contributed by atoms with Crippen molar-refractivity contribution in [1.82, 2.24) is 14.4 Å². The number of aryl methyl sites for hydroxylation is 1. The molecule has 0 saturated carbocycles. The molecule has 2 N–H and O–H groups in total. The van der Waals surface area contributed by atoms with Gasteiger partial charge in [-0.2, -0.15) is 0 Å². The van der Waals surface area contributed by atoms with Crippen LogP contribution in [-0.4, -0.2) is 21.5 Å². The summed E-state index contributed by atoms with van der Waals surface area (Å²) in [6.45, 7) is 2.37. The second-order valence-electron chi connectivity index (χ2n) is 4.55. The molecule has 0 fully saturated rings. The molecule has 2 aromatic heterocycles. The fraction of sp³-hybridized carbons (Fsp3) is 0.200. The minimum atomic E-state index is 0.422. The van der Waals surface area contributed by atoms with Gasteiger partial charge < -0.3 is 10.5 Å². The number of ether oxygens (including phenoxy) is 1. The van der Waals surface area contributed by atoms with Gasteiger partial charge in [0.15, 0.2) is 0 Å². The van der Waals surface area contributed by atoms with Crippen molar-refractivity contribution in [3.8, 4) is 17.0 Å². The summed E-state index contributed by atoms with van der Waals surface area (Å²) in [7, 11) is 1.66. The summed E-state index contributed by atoms with van der Waals surface area (Å²) in [5.41, 5.74) is 9.15. The molecule has 0 amide bonds. The average Bonchev–Trinajstić information content (AvgIpc) is 2.91. The van der Waals surface area contributed by atoms with Crippen molar-refractivity contribution in [2.45, 2.75) is 13.5 Å². The molecular formula is C15H16N4O. The predicted octanol–water partition coefficient (Wildman–Crippen LogP) is 2.17. The first kappa shape index (κ1) is 12.6. The van der Waals surface area contributed by atoms with E-state index in [-0.39, 0.29) is 0 Å². The van der Waals surface area contributed by atoms with Gasteiger partial charge in [0.05, 0.1) is 18.5 Å². The highest BCUT2D eigenvalue weighted by Crippen LogP contribution is 2.29. The van der Waals surface area contributed by atoms with E-state index in [9.17, 15) is 0 Å². The van der Waals surface area contributed by atoms with E-state index >= 15 is 0 Å². The summed E-state index contributed by atoms with van der Waals surface area (Å²) in [6, 6.07) is 9.77. The van der Waals surface area contributed by atoms with Crippen LogP contribution in [0.4, 0.5) is 0 Å². The Morgan fingerprint density at radius 2 is 2.05 bits per heavy atom. The van der Waals surface area contributed by atoms with Crippen LogP contribution >= 0.6 is 0 Å². The number of nitrogens with two attached hydrogens (primary N) is 1. The zero-order valence-electron chi connectivity index (χ0n) is 11.5. The SMILES string of the molecule is COc1ccccc1-c1cc2nc(CN)cn2c(C)n1. The Balaban J connectivity index is 2.21. The van der Waals surface area contributed by atoms with Crippen LogP contribution in [0.5, 0.6) is 5.75 Å². The second kappa shape index (κ2) is 4.94. The molecule has 0 aliphatic heterocycles. The van der Waals surface area contributed by atoms with Crippen molar-refractivity contribution >= 4 is 5.65 Å². The zero-order valence-corrected chi connectivity index (χ0v) is 11.5. The van der Waals surface area contributed by atoms with Gasteiger partial charge in [0.25, 0.3) is 0 Å². The van der Waals surface area contributed by atoms with Crippen LogP contribution in [0.3, 0.4) is 0 Å². The van der Waals surface area contributed by atoms with E-state index < -0.39 is 0 Å². The van der Waals surface area contributed by atoms with Crippen LogP contribution < -0.4 is 10.5 Å². The Morgan fingerprint density at radius 3 is 2.80 bits per heavy atom. The van der Waals surface area contributed by atoms with Crippen molar-refractivity contribution in [3.05, 3.63) is 48.0 Å². The van der Waals surface area contributed by atoms with Crippen molar-refractivity contribution in [2.75, 3.05) is 7.11 Å². The number of benzene rings is 1. The van der Waals surface area contributed by atoms with Crippen LogP contribution in [0, 0.1) is 6.92 Å². The highest BCUT2D eigenvalue weighted by Gasteiger charge is 2.10. The minimum absolute atomic E-state index is 0.422. The molecule has 5 heteroatoms. The molecule has 1 aromatic carbocycles. The highest BCUT2D eigenvalue weighted by atomic mass is 16.5. The molecule has 0 radical (unpaired) electrons. The predicted molar refractivity (Wildman–Crippen MR) is 77.6 cm³/mol. The zero-order chi connectivity index (χ0) is 14.1. The number of rotatable bonds is 3. The first-order chi connectivity index (χ1) is 9.72. The molecule has 0 saturated heterocycles. The molecular weight excluding hydrogens is 252 g/mol. The van der Waals surface area contributed by atoms with Gasteiger partial charge in [0.1, 0.15) is 17.2 Å². The number of hydrogen-bond donors (Lipinski definition) is 1. The van der Waals surface area contributed by atoms with E-state index in [1.807, 2.05) is 47.9 Å². The summed E-state index contributed by atoms with van der Waals surface area (Å²) in [5.74, 6) is 1.67. The molecule has 5 nitrogen and oxygen atoms in total. The van der Waals surface area contributed by atoms with Gasteiger partial charge in [0.2, 0.25) is 0 Å². The van der Waals surface area contributed by atoms with Crippen LogP contribution in [0.15, 0.2) is 36.5 Å². The van der Waals surface area contributed by atoms with Gasteiger partial charge in [-0.25, -0.2) is 9.97 Å². The summed E-state index contributed by atoms with van der Waals surface area (Å²) in [4.78, 5) is 9.12. The second-order valence-corrected chi connectivity index (χ2v) is 4.55. The molecule has 3 aromatic rings. The quantitative estimate of drug-likeness (QED) is 0.790. The van der Waals surface area contributed by atoms with Gasteiger partial charge in [-0.05, 0) is 19.1 Å². The Labute approximate surface area is 117 Å². The standard InChI is InChI=1S/C15H16N4O/c1-10-17-13(12-5-3-4-6-14(12)20-2)7-15-18-11(8-16)9-19(10)15/h3-7,9H,8,16H2,1-2H3. The Kier molecular flexibility index (Phi) is 3.12. The molecule has 2 heterocycles. The van der Waals surface area contributed by atoms with Gasteiger partial charge in [-0.1, -0.05) is 12.1 Å². The van der Waals surface area contributed by atoms with E-state index in [1.54, 1.807) is 7.11 Å². The molecule has 0 unspecified atom stereocenters. The van der Waals surface area contributed by atoms with E-state index in [1.165, 1.54) is 0 Å². The fourth-order valence-electron chi connectivity index (χ4n) is 2.28. The molecule has 0 spiro atoms. The maximum atomic E-state index is 5.64. The lowest BCUT2D eigenvalue weighted by Crippen LogP contribution is -1.97. The van der Waals surface area contributed by atoms with Gasteiger partial charge in [0, 0.05) is 24.4 Å². The number of fused-ring (bicyclic) bond motifs is 1. The largest absolute Gasteiger partial charge is 0.496 e. The molecule has 3 rings (SSSR count). The van der Waals surface area contributed by atoms with Gasteiger partial charge in [-0.3, -0.25) is 4.40 Å². The molecule has 0 atom stereocenters. The molecule has 0 aliphatic rings. The smallest absolute Gasteiger partial charge is 0.140 e. The van der Waals surface area contributed by atoms with Crippen LogP contribution in [0.1, 0.15) is 11.5 Å². The van der Waals surface area contributed by atoms with Crippen LogP contribution in [-0.2, 0) is 6.54 Å². The summed E-state index contributed by atoms with van der Waals surface area (Å²) >= 11 is 0. The average molecular weight is 268 g/mol. The minimum Gasteiger partial charge on any atom is -0.496 e. The maximum absolute atomic E-state index is 5.64. The normalized spacial score (nSPS) is 10.9. The van der Waals surface area contributed by atoms with Crippen molar-refractivity contribution in [3.63, 3.8) is 0 Å². The third kappa shape index (κ3) is 2.02. The summed E-state index contributed by atoms with van der Waals surface area (Å²) in [6.07, 6.45) is 1.92. The molecule has 0 aliphatic carbocycles. The number of aromatic nitrogens is 3. The number of imidazole rings is 1. The number of nitrogens with zero attached hydrogens (tertiary/aromatic N) is 3. The van der Waals surface area contributed by atoms with Crippen molar-refractivity contribution in [2.24, 2.45) is 5.73 Å². The Hall–Kier alpha value is -2.40. The van der Waals surface area contributed by atoms with Crippen molar-refractivity contribution < 1.29 is 4.74 Å². The van der Waals surface area contributed by atoms with E-state index in [0.717, 1.165) is 34.2 Å². The van der Waals surface area contributed by atoms with E-state index in [2.05, 4.69) is 9.97 Å². The molecule has 0 bridgehead atoms. The van der Waals surface area contributed by atoms with Crippen molar-refractivity contribution in [1.29, 1.82) is 0 Å². The monoisotopic (exact) mass is 268 g/mol. The molecule has 20 heavy (non-hydrogen) atoms. The van der Waals surface area contributed by atoms with Crippen LogP contribution in [0.25, 0.3) is 16.9 Å². The number of methoxy groups -OCH3 is 1. The summed E-state index contributed by atoms with van der Waals surface area (Å²) < 4.78 is 7.34. The lowest BCUT2D eigenvalue weighted by atomic mass is 10.1. The first-order valence-corrected chi connectivity index (χ1v) is 6.42. The lowest BCUT2D eigenvalue weighted by Gasteiger charge is -2.09. The third-order valence-electron chi connectivity index (χ3n) is 3.27. The third-order valence-corrected chi connectivity index (χ3v) is 3.27. The Bertz CT molecular complexity index is 764. The van der Waals surface area contributed by atoms with E-state index in [4.69, 9.17) is 10.5 Å². The number of hydrogen-bond acceptors (Lipinski definition) is 4. The van der Waals surface area contributed by atoms with E-state index in [0.29, 0.717) is 6.54 Å². The number of para-hydroxylation sites is 1. The molecule has 102 valence electrons. The van der Waals surface area contributed by atoms with Gasteiger partial charge >= 0.3 is 0 Å². The lowest BCUT2D eigenvalue weighted by molar-refractivity contribution is 0.416.